The molecule has 1 aliphatic rings. The van der Waals surface area contributed by atoms with Gasteiger partial charge in [0, 0.05) is 22.1 Å². The third-order valence-corrected chi connectivity index (χ3v) is 6.21. The number of aromatic nitrogens is 1. The second kappa shape index (κ2) is 8.08. The Morgan fingerprint density at radius 3 is 2.58 bits per heavy atom. The summed E-state index contributed by atoms with van der Waals surface area (Å²) in [6.45, 7) is 2.60. The quantitative estimate of drug-likeness (QED) is 0.347. The molecular formula is C26H22BrN3O. The van der Waals surface area contributed by atoms with Crippen molar-refractivity contribution >= 4 is 27.6 Å². The van der Waals surface area contributed by atoms with Crippen LogP contribution >= 0.6 is 15.9 Å². The van der Waals surface area contributed by atoms with Crippen LogP contribution in [0.4, 0.5) is 10.5 Å². The number of nitrogens with one attached hydrogen (secondary N) is 1. The van der Waals surface area contributed by atoms with Gasteiger partial charge in [0.2, 0.25) is 0 Å². The highest BCUT2D eigenvalue weighted by Crippen LogP contribution is 2.37. The lowest BCUT2D eigenvalue weighted by molar-refractivity contribution is 0.194. The molecule has 5 heteroatoms. The molecule has 4 aromatic rings. The summed E-state index contributed by atoms with van der Waals surface area (Å²) >= 11 is 3.45. The summed E-state index contributed by atoms with van der Waals surface area (Å²) in [5.74, 6) is 0. The first-order valence-corrected chi connectivity index (χ1v) is 11.0. The highest BCUT2D eigenvalue weighted by atomic mass is 79.9. The standard InChI is InChI=1S/C26H22BrN3O/c1-18-6-4-8-19(16-18)25-24-10-5-15-29(24)23-9-3-2-7-20(23)17-30(25)26(31)28-22-13-11-21(27)12-14-22/h2-16,25H,17H2,1H3,(H,28,31)/t25-/m0/s1. The van der Waals surface area contributed by atoms with E-state index in [1.165, 1.54) is 5.56 Å². The molecule has 1 atom stereocenters. The fourth-order valence-corrected chi connectivity index (χ4v) is 4.52. The van der Waals surface area contributed by atoms with Gasteiger partial charge >= 0.3 is 6.03 Å². The number of benzene rings is 3. The number of carbonyl (C=O) groups excluding carboxylic acids is 1. The maximum Gasteiger partial charge on any atom is 0.322 e. The third kappa shape index (κ3) is 3.77. The number of para-hydroxylation sites is 1. The second-order valence-electron chi connectivity index (χ2n) is 7.81. The van der Waals surface area contributed by atoms with Crippen molar-refractivity contribution in [2.75, 3.05) is 5.32 Å². The van der Waals surface area contributed by atoms with E-state index in [-0.39, 0.29) is 12.1 Å². The van der Waals surface area contributed by atoms with Crippen molar-refractivity contribution in [1.82, 2.24) is 9.47 Å². The highest BCUT2D eigenvalue weighted by Gasteiger charge is 2.33. The molecule has 0 radical (unpaired) electrons. The van der Waals surface area contributed by atoms with Crippen molar-refractivity contribution in [2.24, 2.45) is 0 Å². The number of nitrogens with zero attached hydrogens (tertiary/aromatic N) is 2. The molecular weight excluding hydrogens is 450 g/mol. The molecule has 154 valence electrons. The van der Waals surface area contributed by atoms with Crippen LogP contribution in [0.25, 0.3) is 5.69 Å². The average molecular weight is 472 g/mol. The Bertz CT molecular complexity index is 1250. The largest absolute Gasteiger partial charge is 0.322 e. The van der Waals surface area contributed by atoms with Crippen molar-refractivity contribution < 1.29 is 4.79 Å². The fraction of sp³-hybridized carbons (Fsp3) is 0.115. The van der Waals surface area contributed by atoms with Crippen molar-refractivity contribution in [3.63, 3.8) is 0 Å². The van der Waals surface area contributed by atoms with E-state index in [1.807, 2.05) is 47.4 Å². The van der Waals surface area contributed by atoms with Crippen molar-refractivity contribution in [3.8, 4) is 5.69 Å². The summed E-state index contributed by atoms with van der Waals surface area (Å²) in [5.41, 5.74) is 6.33. The molecule has 0 spiro atoms. The van der Waals surface area contributed by atoms with E-state index in [2.05, 4.69) is 81.4 Å². The summed E-state index contributed by atoms with van der Waals surface area (Å²) in [5, 5.41) is 3.09. The number of anilines is 1. The average Bonchev–Trinajstić information content (AvgIpc) is 3.19. The molecule has 2 amide bonds. The molecule has 3 aromatic carbocycles. The molecule has 0 aliphatic carbocycles. The number of amides is 2. The maximum absolute atomic E-state index is 13.6. The van der Waals surface area contributed by atoms with Crippen LogP contribution in [0.2, 0.25) is 0 Å². The number of hydrogen-bond donors (Lipinski definition) is 1. The first-order valence-electron chi connectivity index (χ1n) is 10.3. The monoisotopic (exact) mass is 471 g/mol. The molecule has 1 N–H and O–H groups in total. The predicted octanol–water partition coefficient (Wildman–Crippen LogP) is 6.69. The van der Waals surface area contributed by atoms with Crippen LogP contribution in [0.3, 0.4) is 0 Å². The van der Waals surface area contributed by atoms with E-state index >= 15 is 0 Å². The molecule has 1 aromatic heterocycles. The zero-order valence-electron chi connectivity index (χ0n) is 17.1. The Hall–Kier alpha value is -3.31. The van der Waals surface area contributed by atoms with Gasteiger partial charge in [-0.3, -0.25) is 0 Å². The van der Waals surface area contributed by atoms with Crippen LogP contribution < -0.4 is 5.32 Å². The fourth-order valence-electron chi connectivity index (χ4n) is 4.26. The maximum atomic E-state index is 13.6. The van der Waals surface area contributed by atoms with E-state index in [4.69, 9.17) is 0 Å². The van der Waals surface area contributed by atoms with Crippen LogP contribution in [0, 0.1) is 6.92 Å². The van der Waals surface area contributed by atoms with Gasteiger partial charge in [-0.2, -0.15) is 0 Å². The first-order chi connectivity index (χ1) is 15.1. The summed E-state index contributed by atoms with van der Waals surface area (Å²) < 4.78 is 3.18. The topological polar surface area (TPSA) is 37.3 Å². The lowest BCUT2D eigenvalue weighted by Crippen LogP contribution is -2.37. The normalized spacial score (nSPS) is 15.0. The van der Waals surface area contributed by atoms with Gasteiger partial charge in [0.25, 0.3) is 0 Å². The second-order valence-corrected chi connectivity index (χ2v) is 8.73. The molecule has 0 saturated heterocycles. The van der Waals surface area contributed by atoms with Crippen LogP contribution in [0.1, 0.15) is 28.4 Å². The minimum Gasteiger partial charge on any atom is -0.318 e. The summed E-state index contributed by atoms with van der Waals surface area (Å²) in [6.07, 6.45) is 2.08. The zero-order chi connectivity index (χ0) is 21.4. The van der Waals surface area contributed by atoms with E-state index in [0.29, 0.717) is 6.54 Å². The van der Waals surface area contributed by atoms with Gasteiger partial charge in [-0.25, -0.2) is 4.79 Å². The number of hydrogen-bond acceptors (Lipinski definition) is 1. The van der Waals surface area contributed by atoms with E-state index in [1.54, 1.807) is 0 Å². The molecule has 0 fully saturated rings. The van der Waals surface area contributed by atoms with Crippen LogP contribution in [0.15, 0.2) is 95.6 Å². The van der Waals surface area contributed by atoms with Gasteiger partial charge < -0.3 is 14.8 Å². The van der Waals surface area contributed by atoms with Gasteiger partial charge in [0.15, 0.2) is 0 Å². The van der Waals surface area contributed by atoms with Gasteiger partial charge in [-0.1, -0.05) is 64.0 Å². The molecule has 0 unspecified atom stereocenters. The van der Waals surface area contributed by atoms with E-state index in [9.17, 15) is 4.79 Å². The van der Waals surface area contributed by atoms with Crippen LogP contribution in [0.5, 0.6) is 0 Å². The zero-order valence-corrected chi connectivity index (χ0v) is 18.7. The molecule has 0 saturated carbocycles. The SMILES string of the molecule is Cc1cccc([C@H]2c3cccn3-c3ccccc3CN2C(=O)Nc2ccc(Br)cc2)c1. The Morgan fingerprint density at radius 1 is 0.968 bits per heavy atom. The minimum absolute atomic E-state index is 0.127. The van der Waals surface area contributed by atoms with Gasteiger partial charge in [0.05, 0.1) is 18.3 Å². The summed E-state index contributed by atoms with van der Waals surface area (Å²) in [4.78, 5) is 15.5. The van der Waals surface area contributed by atoms with Gasteiger partial charge in [0.1, 0.15) is 0 Å². The highest BCUT2D eigenvalue weighted by molar-refractivity contribution is 9.10. The lowest BCUT2D eigenvalue weighted by Gasteiger charge is -2.31. The molecule has 2 heterocycles. The Balaban J connectivity index is 1.63. The molecule has 4 nitrogen and oxygen atoms in total. The third-order valence-electron chi connectivity index (χ3n) is 5.68. The molecule has 1 aliphatic heterocycles. The van der Waals surface area contributed by atoms with E-state index < -0.39 is 0 Å². The predicted molar refractivity (Wildman–Crippen MR) is 127 cm³/mol. The van der Waals surface area contributed by atoms with Crippen molar-refractivity contribution in [3.05, 3.63) is 118 Å². The number of rotatable bonds is 2. The Labute approximate surface area is 190 Å². The number of carbonyl (C=O) groups is 1. The number of halogens is 1. The van der Waals surface area contributed by atoms with Crippen molar-refractivity contribution in [1.29, 1.82) is 0 Å². The molecule has 5 rings (SSSR count). The number of fused-ring (bicyclic) bond motifs is 3. The van der Waals surface area contributed by atoms with E-state index in [0.717, 1.165) is 32.7 Å². The summed E-state index contributed by atoms with van der Waals surface area (Å²) in [6, 6.07) is 28.2. The van der Waals surface area contributed by atoms with Crippen LogP contribution in [-0.4, -0.2) is 15.5 Å². The first kappa shape index (κ1) is 19.6. The summed E-state index contributed by atoms with van der Waals surface area (Å²) in [7, 11) is 0. The lowest BCUT2D eigenvalue weighted by atomic mass is 10.00. The Morgan fingerprint density at radius 2 is 1.77 bits per heavy atom. The molecule has 31 heavy (non-hydrogen) atoms. The Kier molecular flexibility index (Phi) is 5.12. The number of aryl methyl sites for hydroxylation is 1. The van der Waals surface area contributed by atoms with Crippen LogP contribution in [-0.2, 0) is 6.54 Å². The van der Waals surface area contributed by atoms with Crippen molar-refractivity contribution in [2.45, 2.75) is 19.5 Å². The minimum atomic E-state index is -0.210. The smallest absolute Gasteiger partial charge is 0.318 e. The number of urea groups is 1. The molecule has 0 bridgehead atoms. The van der Waals surface area contributed by atoms with Gasteiger partial charge in [-0.15, -0.1) is 0 Å². The van der Waals surface area contributed by atoms with Gasteiger partial charge in [-0.05, 0) is 60.5 Å².